The second-order valence-electron chi connectivity index (χ2n) is 9.90. The molecule has 3 heterocycles. The maximum absolute atomic E-state index is 15.4. The lowest BCUT2D eigenvalue weighted by Gasteiger charge is -2.17. The van der Waals surface area contributed by atoms with E-state index in [-0.39, 0.29) is 39.5 Å². The second-order valence-corrected chi connectivity index (χ2v) is 10.3. The fraction of sp³-hybridized carbons (Fsp3) is 0.286. The molecule has 0 spiro atoms. The van der Waals surface area contributed by atoms with E-state index in [4.69, 9.17) is 11.6 Å². The number of benzene rings is 1. The predicted octanol–water partition coefficient (Wildman–Crippen LogP) is 5.15. The minimum absolute atomic E-state index is 0.0574. The number of amides is 1. The lowest BCUT2D eigenvalue weighted by atomic mass is 10.0. The van der Waals surface area contributed by atoms with Gasteiger partial charge in [0.1, 0.15) is 16.5 Å². The molecule has 1 amide bonds. The Hall–Kier alpha value is -3.85. The molecule has 0 bridgehead atoms. The Morgan fingerprint density at radius 2 is 1.89 bits per heavy atom. The maximum atomic E-state index is 15.4. The van der Waals surface area contributed by atoms with Crippen LogP contribution in [-0.2, 0) is 7.05 Å². The molecule has 1 aliphatic carbocycles. The average Bonchev–Trinajstić information content (AvgIpc) is 3.58. The van der Waals surface area contributed by atoms with Crippen molar-refractivity contribution in [3.8, 4) is 16.9 Å². The monoisotopic (exact) mass is 537 g/mol. The molecule has 1 saturated carbocycles. The third kappa shape index (κ3) is 4.30. The molecule has 4 aromatic rings. The van der Waals surface area contributed by atoms with Gasteiger partial charge in [0.2, 0.25) is 0 Å². The molecular weight excluding hydrogens is 512 g/mol. The summed E-state index contributed by atoms with van der Waals surface area (Å²) >= 11 is 6.60. The Kier molecular flexibility index (Phi) is 6.43. The van der Waals surface area contributed by atoms with E-state index in [9.17, 15) is 14.0 Å². The largest absolute Gasteiger partial charge is 0.345 e. The van der Waals surface area contributed by atoms with Crippen molar-refractivity contribution in [2.75, 3.05) is 14.1 Å². The van der Waals surface area contributed by atoms with Gasteiger partial charge >= 0.3 is 0 Å². The van der Waals surface area contributed by atoms with Crippen LogP contribution in [-0.4, -0.2) is 44.2 Å². The Labute approximate surface area is 223 Å². The lowest BCUT2D eigenvalue weighted by Crippen LogP contribution is -2.23. The second kappa shape index (κ2) is 9.47. The summed E-state index contributed by atoms with van der Waals surface area (Å²) in [5.41, 5.74) is 2.77. The van der Waals surface area contributed by atoms with Crippen LogP contribution in [0.4, 0.5) is 8.78 Å². The molecular formula is C28H26ClF2N5O2. The minimum Gasteiger partial charge on any atom is -0.345 e. The Morgan fingerprint density at radius 1 is 1.16 bits per heavy atom. The van der Waals surface area contributed by atoms with Crippen LogP contribution in [0.3, 0.4) is 0 Å². The smallest absolute Gasteiger partial charge is 0.274 e. The van der Waals surface area contributed by atoms with Crippen LogP contribution in [0.5, 0.6) is 0 Å². The van der Waals surface area contributed by atoms with Crippen molar-refractivity contribution in [1.29, 1.82) is 0 Å². The molecule has 10 heteroatoms. The van der Waals surface area contributed by atoms with Crippen molar-refractivity contribution >= 4 is 17.5 Å². The molecule has 1 fully saturated rings. The number of hydrogen-bond acceptors (Lipinski definition) is 4. The summed E-state index contributed by atoms with van der Waals surface area (Å²) in [6.45, 7) is 3.58. The average molecular weight is 538 g/mol. The summed E-state index contributed by atoms with van der Waals surface area (Å²) in [6, 6.07) is 8.01. The van der Waals surface area contributed by atoms with Crippen LogP contribution in [0.2, 0.25) is 5.02 Å². The van der Waals surface area contributed by atoms with E-state index in [1.807, 2.05) is 6.07 Å². The van der Waals surface area contributed by atoms with Crippen LogP contribution in [0, 0.1) is 25.5 Å². The zero-order valence-corrected chi connectivity index (χ0v) is 22.3. The first-order valence-electron chi connectivity index (χ1n) is 12.1. The van der Waals surface area contributed by atoms with Gasteiger partial charge in [-0.3, -0.25) is 23.8 Å². The van der Waals surface area contributed by atoms with Crippen molar-refractivity contribution in [2.45, 2.75) is 32.1 Å². The van der Waals surface area contributed by atoms with Gasteiger partial charge < -0.3 is 4.90 Å². The number of aromatic nitrogens is 4. The van der Waals surface area contributed by atoms with E-state index in [0.717, 1.165) is 0 Å². The number of nitrogens with zero attached hydrogens (tertiary/aromatic N) is 5. The van der Waals surface area contributed by atoms with Crippen molar-refractivity contribution in [2.24, 2.45) is 7.05 Å². The Balaban J connectivity index is 1.56. The number of halogens is 3. The van der Waals surface area contributed by atoms with Gasteiger partial charge in [0.15, 0.2) is 5.82 Å². The van der Waals surface area contributed by atoms with Crippen LogP contribution in [0.15, 0.2) is 47.5 Å². The summed E-state index contributed by atoms with van der Waals surface area (Å²) in [5.74, 6) is -1.77. The van der Waals surface area contributed by atoms with Crippen LogP contribution in [0.25, 0.3) is 16.9 Å². The van der Waals surface area contributed by atoms with Crippen molar-refractivity contribution in [3.05, 3.63) is 97.8 Å². The molecule has 3 aromatic heterocycles. The number of pyridine rings is 2. The van der Waals surface area contributed by atoms with Gasteiger partial charge in [-0.15, -0.1) is 0 Å². The normalized spacial score (nSPS) is 16.5. The van der Waals surface area contributed by atoms with E-state index in [1.165, 1.54) is 26.4 Å². The molecule has 0 unspecified atom stereocenters. The third-order valence-corrected chi connectivity index (χ3v) is 7.32. The molecule has 0 N–H and O–H groups in total. The molecule has 2 atom stereocenters. The van der Waals surface area contributed by atoms with Crippen LogP contribution < -0.4 is 5.56 Å². The minimum atomic E-state index is -0.688. The first kappa shape index (κ1) is 25.8. The maximum Gasteiger partial charge on any atom is 0.274 e. The number of rotatable bonds is 5. The molecule has 0 radical (unpaired) electrons. The topological polar surface area (TPSA) is 73.0 Å². The highest BCUT2D eigenvalue weighted by molar-refractivity contribution is 6.31. The molecule has 1 aliphatic rings. The number of hydrogen-bond donors (Lipinski definition) is 0. The SMILES string of the molecule is Cc1cnc(-c2cccc(C(=O)N(C)C)c2F)cc1-n1c(C)cc([C@H]2C[C@@H]2c2nn(C)cc2F)c(Cl)c1=O. The first-order valence-corrected chi connectivity index (χ1v) is 12.5. The van der Waals surface area contributed by atoms with Gasteiger partial charge in [0.05, 0.1) is 23.1 Å². The molecule has 0 aliphatic heterocycles. The molecule has 5 rings (SSSR count). The fourth-order valence-electron chi connectivity index (χ4n) is 4.91. The van der Waals surface area contributed by atoms with Gasteiger partial charge in [0, 0.05) is 44.5 Å². The zero-order chi connectivity index (χ0) is 27.5. The van der Waals surface area contributed by atoms with E-state index < -0.39 is 17.3 Å². The lowest BCUT2D eigenvalue weighted by molar-refractivity contribution is 0.0823. The quantitative estimate of drug-likeness (QED) is 0.353. The summed E-state index contributed by atoms with van der Waals surface area (Å²) < 4.78 is 32.5. The molecule has 38 heavy (non-hydrogen) atoms. The first-order chi connectivity index (χ1) is 18.0. The van der Waals surface area contributed by atoms with Crippen molar-refractivity contribution in [1.82, 2.24) is 24.2 Å². The highest BCUT2D eigenvalue weighted by atomic mass is 35.5. The van der Waals surface area contributed by atoms with Gasteiger partial charge in [-0.05, 0) is 61.6 Å². The Morgan fingerprint density at radius 3 is 2.55 bits per heavy atom. The van der Waals surface area contributed by atoms with Gasteiger partial charge in [-0.2, -0.15) is 5.10 Å². The van der Waals surface area contributed by atoms with Gasteiger partial charge in [0.25, 0.3) is 11.5 Å². The van der Waals surface area contributed by atoms with Crippen LogP contribution >= 0.6 is 11.6 Å². The van der Waals surface area contributed by atoms with Crippen LogP contribution in [0.1, 0.15) is 51.1 Å². The highest BCUT2D eigenvalue weighted by Gasteiger charge is 2.44. The van der Waals surface area contributed by atoms with Gasteiger partial charge in [-0.1, -0.05) is 17.7 Å². The van der Waals surface area contributed by atoms with E-state index in [1.54, 1.807) is 59.4 Å². The van der Waals surface area contributed by atoms with Crippen molar-refractivity contribution in [3.63, 3.8) is 0 Å². The predicted molar refractivity (Wildman–Crippen MR) is 141 cm³/mol. The molecule has 7 nitrogen and oxygen atoms in total. The van der Waals surface area contributed by atoms with E-state index in [0.29, 0.717) is 34.6 Å². The summed E-state index contributed by atoms with van der Waals surface area (Å²) in [4.78, 5) is 31.6. The number of aryl methyl sites for hydroxylation is 3. The van der Waals surface area contributed by atoms with E-state index >= 15 is 4.39 Å². The number of carbonyl (C=O) groups is 1. The standard InChI is InChI=1S/C28H26ClF2N5O2/c1-14-12-32-22(16-7-6-8-17(25(16)31)27(37)34(3)4)11-23(14)36-15(2)9-19(24(29)28(36)38)18-10-20(18)26-21(30)13-35(5)33-26/h6-9,11-13,18,20H,10H2,1-5H3/t18-,20+/m1/s1. The Bertz CT molecular complexity index is 1660. The fourth-order valence-corrected chi connectivity index (χ4v) is 5.19. The highest BCUT2D eigenvalue weighted by Crippen LogP contribution is 2.55. The summed E-state index contributed by atoms with van der Waals surface area (Å²) in [5, 5.41) is 4.28. The van der Waals surface area contributed by atoms with E-state index in [2.05, 4.69) is 10.1 Å². The van der Waals surface area contributed by atoms with Gasteiger partial charge in [-0.25, -0.2) is 8.78 Å². The number of carbonyl (C=O) groups excluding carboxylic acids is 1. The van der Waals surface area contributed by atoms with Crippen molar-refractivity contribution < 1.29 is 13.6 Å². The molecule has 196 valence electrons. The zero-order valence-electron chi connectivity index (χ0n) is 21.6. The summed E-state index contributed by atoms with van der Waals surface area (Å²) in [6.07, 6.45) is 3.53. The third-order valence-electron chi connectivity index (χ3n) is 6.94. The summed E-state index contributed by atoms with van der Waals surface area (Å²) in [7, 11) is 4.77. The molecule has 0 saturated heterocycles. The molecule has 1 aromatic carbocycles.